The van der Waals surface area contributed by atoms with E-state index in [1.54, 1.807) is 0 Å². The third kappa shape index (κ3) is 5.18. The van der Waals surface area contributed by atoms with Crippen LogP contribution in [-0.4, -0.2) is 37.2 Å². The molecular formula is C22H39I2NO3. The molecule has 0 amide bonds. The molecule has 2 aliphatic rings. The van der Waals surface area contributed by atoms with Gasteiger partial charge in [-0.2, -0.15) is 0 Å². The number of carboxylic acid groups (broad SMARTS) is 1. The van der Waals surface area contributed by atoms with E-state index in [1.807, 2.05) is 0 Å². The van der Waals surface area contributed by atoms with Gasteiger partial charge in [0.1, 0.15) is 6.04 Å². The quantitative estimate of drug-likeness (QED) is 0.309. The Bertz CT molecular complexity index is 518. The predicted octanol–water partition coefficient (Wildman–Crippen LogP) is 5.39. The summed E-state index contributed by atoms with van der Waals surface area (Å²) >= 11 is 5.12. The number of halogens is 2. The number of hydrogen-bond donors (Lipinski definition) is 2. The van der Waals surface area contributed by atoms with E-state index >= 15 is 0 Å². The zero-order chi connectivity index (χ0) is 21.3. The molecule has 0 radical (unpaired) electrons. The maximum atomic E-state index is 11.3. The molecule has 0 aromatic carbocycles. The predicted molar refractivity (Wildman–Crippen MR) is 132 cm³/mol. The van der Waals surface area contributed by atoms with Crippen LogP contribution in [0.4, 0.5) is 0 Å². The summed E-state index contributed by atoms with van der Waals surface area (Å²) in [7, 11) is 0. The Hall–Kier alpha value is 0.850. The van der Waals surface area contributed by atoms with Crippen molar-refractivity contribution in [2.75, 3.05) is 0 Å². The largest absolute Gasteiger partial charge is 0.480 e. The molecule has 2 saturated carbocycles. The van der Waals surface area contributed by atoms with Crippen LogP contribution in [0.15, 0.2) is 0 Å². The summed E-state index contributed by atoms with van der Waals surface area (Å²) < 4.78 is 7.67. The zero-order valence-electron chi connectivity index (χ0n) is 18.1. The molecule has 10 atom stereocenters. The normalized spacial score (nSPS) is 48.2. The van der Waals surface area contributed by atoms with Gasteiger partial charge in [-0.1, -0.05) is 93.1 Å². The van der Waals surface area contributed by atoms with Crippen LogP contribution in [0, 0.1) is 41.4 Å². The molecule has 0 heterocycles. The number of aliphatic carboxylic acids is 1. The van der Waals surface area contributed by atoms with Crippen LogP contribution >= 0.6 is 45.2 Å². The number of rotatable bonds is 6. The van der Waals surface area contributed by atoms with Gasteiger partial charge in [0, 0.05) is 7.85 Å². The zero-order valence-corrected chi connectivity index (χ0v) is 22.5. The summed E-state index contributed by atoms with van der Waals surface area (Å²) in [4.78, 5) is 11.3. The van der Waals surface area contributed by atoms with Gasteiger partial charge in [0.25, 0.3) is 0 Å². The van der Waals surface area contributed by atoms with Crippen molar-refractivity contribution in [1.29, 1.82) is 0 Å². The molecule has 0 aromatic heterocycles. The summed E-state index contributed by atoms with van der Waals surface area (Å²) in [5.41, 5.74) is 5.89. The van der Waals surface area contributed by atoms with Gasteiger partial charge >= 0.3 is 5.97 Å². The van der Waals surface area contributed by atoms with Crippen LogP contribution < -0.4 is 5.73 Å². The molecule has 0 bridgehead atoms. The van der Waals surface area contributed by atoms with Gasteiger partial charge in [-0.05, 0) is 54.3 Å². The van der Waals surface area contributed by atoms with Gasteiger partial charge < -0.3 is 15.6 Å². The first kappa shape index (κ1) is 25.1. The molecule has 2 aliphatic carbocycles. The lowest BCUT2D eigenvalue weighted by atomic mass is 9.66. The second-order valence-electron chi connectivity index (χ2n) is 9.62. The van der Waals surface area contributed by atoms with Crippen molar-refractivity contribution in [3.63, 3.8) is 0 Å². The van der Waals surface area contributed by atoms with E-state index in [0.29, 0.717) is 55.9 Å². The van der Waals surface area contributed by atoms with Crippen molar-refractivity contribution >= 4 is 51.2 Å². The second kappa shape index (κ2) is 10.4. The van der Waals surface area contributed by atoms with Crippen LogP contribution in [0.5, 0.6) is 0 Å². The maximum Gasteiger partial charge on any atom is 0.320 e. The van der Waals surface area contributed by atoms with Gasteiger partial charge in [-0.25, -0.2) is 0 Å². The minimum atomic E-state index is -0.892. The van der Waals surface area contributed by atoms with Crippen LogP contribution in [-0.2, 0) is 9.53 Å². The molecule has 0 saturated heterocycles. The molecule has 2 rings (SSSR count). The van der Waals surface area contributed by atoms with E-state index in [4.69, 9.17) is 10.5 Å². The fourth-order valence-electron chi connectivity index (χ4n) is 5.75. The van der Waals surface area contributed by atoms with Crippen LogP contribution in [0.25, 0.3) is 0 Å². The second-order valence-corrected chi connectivity index (χ2v) is 12.5. The van der Waals surface area contributed by atoms with E-state index in [-0.39, 0.29) is 6.10 Å². The molecule has 2 fully saturated rings. The minimum Gasteiger partial charge on any atom is -0.480 e. The molecule has 10 unspecified atom stereocenters. The number of carboxylic acids is 1. The van der Waals surface area contributed by atoms with Crippen LogP contribution in [0.1, 0.15) is 60.8 Å². The van der Waals surface area contributed by atoms with E-state index < -0.39 is 12.0 Å². The summed E-state index contributed by atoms with van der Waals surface area (Å²) in [6, 6.07) is -0.773. The van der Waals surface area contributed by atoms with Crippen molar-refractivity contribution in [3.05, 3.63) is 0 Å². The molecule has 4 nitrogen and oxygen atoms in total. The third-order valence-corrected chi connectivity index (χ3v) is 11.7. The standard InChI is InChI=1S/C22H39I2NO3/c1-7-15-8-10(2)20(12(4)11(15)3)28-21-18(23)13(5)16(14(6)19(21)24)9-17(25)22(26)27/h10-21H,7-9,25H2,1-6H3,(H,26,27). The highest BCUT2D eigenvalue weighted by Crippen LogP contribution is 2.48. The lowest BCUT2D eigenvalue weighted by Crippen LogP contribution is -2.55. The first-order valence-corrected chi connectivity index (χ1v) is 13.4. The minimum absolute atomic E-state index is 0.212. The summed E-state index contributed by atoms with van der Waals surface area (Å²) in [5, 5.41) is 9.26. The highest BCUT2D eigenvalue weighted by molar-refractivity contribution is 14.1. The molecule has 0 aliphatic heterocycles. The SMILES string of the molecule is CCC1CC(C)C(OC2C(I)C(C)C(CC(N)C(=O)O)C(C)C2I)C(C)C1C. The molecule has 0 spiro atoms. The Morgan fingerprint density at radius 2 is 1.57 bits per heavy atom. The first-order chi connectivity index (χ1) is 13.0. The number of ether oxygens (including phenoxy) is 1. The Kier molecular flexibility index (Phi) is 9.37. The number of hydrogen-bond acceptors (Lipinski definition) is 3. The van der Waals surface area contributed by atoms with Gasteiger partial charge in [0.05, 0.1) is 12.2 Å². The van der Waals surface area contributed by atoms with Crippen molar-refractivity contribution in [3.8, 4) is 0 Å². The van der Waals surface area contributed by atoms with Gasteiger partial charge in [0.15, 0.2) is 0 Å². The molecule has 6 heteroatoms. The Morgan fingerprint density at radius 1 is 1.04 bits per heavy atom. The summed E-state index contributed by atoms with van der Waals surface area (Å²) in [6.07, 6.45) is 3.60. The average molecular weight is 619 g/mol. The Balaban J connectivity index is 2.13. The van der Waals surface area contributed by atoms with E-state index in [2.05, 4.69) is 86.7 Å². The Morgan fingerprint density at radius 3 is 2.04 bits per heavy atom. The van der Waals surface area contributed by atoms with Crippen LogP contribution in [0.3, 0.4) is 0 Å². The van der Waals surface area contributed by atoms with Gasteiger partial charge in [-0.3, -0.25) is 4.79 Å². The number of nitrogens with two attached hydrogens (primary N) is 1. The van der Waals surface area contributed by atoms with Crippen molar-refractivity contribution in [2.24, 2.45) is 47.2 Å². The first-order valence-electron chi connectivity index (χ1n) is 10.9. The van der Waals surface area contributed by atoms with E-state index in [0.717, 1.165) is 5.92 Å². The smallest absolute Gasteiger partial charge is 0.320 e. The highest BCUT2D eigenvalue weighted by Gasteiger charge is 2.49. The molecular weight excluding hydrogens is 580 g/mol. The van der Waals surface area contributed by atoms with Crippen molar-refractivity contribution in [1.82, 2.24) is 0 Å². The Labute approximate surface area is 198 Å². The van der Waals surface area contributed by atoms with Crippen LogP contribution in [0.2, 0.25) is 0 Å². The topological polar surface area (TPSA) is 72.5 Å². The van der Waals surface area contributed by atoms with Crippen molar-refractivity contribution < 1.29 is 14.6 Å². The monoisotopic (exact) mass is 619 g/mol. The average Bonchev–Trinajstić information content (AvgIpc) is 2.65. The maximum absolute atomic E-state index is 11.3. The van der Waals surface area contributed by atoms with E-state index in [1.165, 1.54) is 12.8 Å². The number of alkyl halides is 2. The molecule has 28 heavy (non-hydrogen) atoms. The molecule has 3 N–H and O–H groups in total. The summed E-state index contributed by atoms with van der Waals surface area (Å²) in [6.45, 7) is 14.0. The van der Waals surface area contributed by atoms with Gasteiger partial charge in [0.2, 0.25) is 0 Å². The fourth-order valence-corrected chi connectivity index (χ4v) is 8.84. The van der Waals surface area contributed by atoms with E-state index in [9.17, 15) is 9.90 Å². The lowest BCUT2D eigenvalue weighted by molar-refractivity contribution is -0.140. The molecule has 0 aromatic rings. The lowest BCUT2D eigenvalue weighted by Gasteiger charge is -2.50. The number of carbonyl (C=O) groups is 1. The highest BCUT2D eigenvalue weighted by atomic mass is 127. The molecule has 164 valence electrons. The van der Waals surface area contributed by atoms with Crippen molar-refractivity contribution in [2.45, 2.75) is 86.9 Å². The third-order valence-electron chi connectivity index (χ3n) is 7.99. The fraction of sp³-hybridized carbons (Fsp3) is 0.955. The van der Waals surface area contributed by atoms with Gasteiger partial charge in [-0.15, -0.1) is 0 Å². The summed E-state index contributed by atoms with van der Waals surface area (Å²) in [5.74, 6) is 2.89.